The van der Waals surface area contributed by atoms with Gasteiger partial charge in [0.25, 0.3) is 0 Å². The van der Waals surface area contributed by atoms with E-state index in [1.807, 2.05) is 18.2 Å². The van der Waals surface area contributed by atoms with Crippen LogP contribution in [0.5, 0.6) is 5.88 Å². The molecule has 1 heterocycles. The van der Waals surface area contributed by atoms with Crippen LogP contribution in [0, 0.1) is 0 Å². The molecule has 1 aliphatic carbocycles. The van der Waals surface area contributed by atoms with Crippen molar-refractivity contribution in [2.24, 2.45) is 5.73 Å². The van der Waals surface area contributed by atoms with Gasteiger partial charge in [0.2, 0.25) is 5.88 Å². The van der Waals surface area contributed by atoms with Crippen LogP contribution < -0.4 is 10.5 Å². The van der Waals surface area contributed by atoms with Crippen molar-refractivity contribution >= 4 is 10.9 Å². The maximum atomic E-state index is 10.7. The zero-order valence-corrected chi connectivity index (χ0v) is 13.1. The van der Waals surface area contributed by atoms with E-state index in [1.54, 1.807) is 7.11 Å². The van der Waals surface area contributed by atoms with Crippen molar-refractivity contribution in [1.82, 2.24) is 4.98 Å². The van der Waals surface area contributed by atoms with Crippen molar-refractivity contribution in [3.63, 3.8) is 0 Å². The lowest BCUT2D eigenvalue weighted by Gasteiger charge is -2.35. The molecule has 4 nitrogen and oxygen atoms in total. The van der Waals surface area contributed by atoms with Gasteiger partial charge < -0.3 is 15.6 Å². The molecule has 0 amide bonds. The van der Waals surface area contributed by atoms with Crippen LogP contribution in [0.25, 0.3) is 10.9 Å². The molecule has 0 unspecified atom stereocenters. The van der Waals surface area contributed by atoms with Gasteiger partial charge in [-0.3, -0.25) is 0 Å². The van der Waals surface area contributed by atoms with Crippen LogP contribution in [-0.4, -0.2) is 28.8 Å². The summed E-state index contributed by atoms with van der Waals surface area (Å²) in [5, 5.41) is 11.8. The third-order valence-corrected chi connectivity index (χ3v) is 4.81. The van der Waals surface area contributed by atoms with Gasteiger partial charge in [-0.1, -0.05) is 18.2 Å². The summed E-state index contributed by atoms with van der Waals surface area (Å²) in [7, 11) is 1.63. The quantitative estimate of drug-likeness (QED) is 0.911. The highest BCUT2D eigenvalue weighted by Gasteiger charge is 2.31. The van der Waals surface area contributed by atoms with Gasteiger partial charge in [0.15, 0.2) is 0 Å². The Kier molecular flexibility index (Phi) is 4.32. The smallest absolute Gasteiger partial charge is 0.213 e. The second kappa shape index (κ2) is 6.23. The fourth-order valence-electron chi connectivity index (χ4n) is 3.30. The van der Waals surface area contributed by atoms with Crippen LogP contribution in [-0.2, 0) is 6.42 Å². The van der Waals surface area contributed by atoms with E-state index in [2.05, 4.69) is 17.1 Å². The first-order valence-corrected chi connectivity index (χ1v) is 8.00. The van der Waals surface area contributed by atoms with Crippen molar-refractivity contribution < 1.29 is 9.84 Å². The first-order valence-electron chi connectivity index (χ1n) is 8.00. The molecule has 2 aromatic rings. The monoisotopic (exact) mass is 300 g/mol. The molecule has 0 atom stereocenters. The van der Waals surface area contributed by atoms with Crippen LogP contribution in [0.1, 0.15) is 37.7 Å². The Morgan fingerprint density at radius 1 is 1.27 bits per heavy atom. The van der Waals surface area contributed by atoms with E-state index in [0.717, 1.165) is 49.4 Å². The topological polar surface area (TPSA) is 68.4 Å². The average Bonchev–Trinajstić information content (AvgIpc) is 2.55. The number of nitrogens with zero attached hydrogens (tertiary/aromatic N) is 1. The molecule has 0 bridgehead atoms. The summed E-state index contributed by atoms with van der Waals surface area (Å²) < 4.78 is 5.23. The van der Waals surface area contributed by atoms with E-state index < -0.39 is 5.60 Å². The highest BCUT2D eigenvalue weighted by molar-refractivity contribution is 5.82. The first-order chi connectivity index (χ1) is 10.6. The second-order valence-corrected chi connectivity index (χ2v) is 6.40. The maximum absolute atomic E-state index is 10.7. The SMILES string of the molecule is COc1ccc2cccc(CCC3(O)CCC(N)CC3)c2n1. The van der Waals surface area contributed by atoms with Gasteiger partial charge in [0.1, 0.15) is 0 Å². The Balaban J connectivity index is 1.79. The number of fused-ring (bicyclic) bond motifs is 1. The number of aliphatic hydroxyl groups is 1. The molecule has 1 aromatic carbocycles. The zero-order chi connectivity index (χ0) is 15.6. The number of hydrogen-bond donors (Lipinski definition) is 2. The summed E-state index contributed by atoms with van der Waals surface area (Å²) in [4.78, 5) is 4.57. The van der Waals surface area contributed by atoms with Crippen LogP contribution in [0.3, 0.4) is 0 Å². The fraction of sp³-hybridized carbons (Fsp3) is 0.500. The minimum absolute atomic E-state index is 0.253. The Morgan fingerprint density at radius 3 is 2.77 bits per heavy atom. The number of ether oxygens (including phenoxy) is 1. The van der Waals surface area contributed by atoms with Gasteiger partial charge in [-0.2, -0.15) is 0 Å². The molecule has 22 heavy (non-hydrogen) atoms. The maximum Gasteiger partial charge on any atom is 0.213 e. The molecule has 3 rings (SSSR count). The van der Waals surface area contributed by atoms with Crippen LogP contribution in [0.15, 0.2) is 30.3 Å². The first kappa shape index (κ1) is 15.3. The minimum atomic E-state index is -0.573. The Labute approximate surface area is 131 Å². The largest absolute Gasteiger partial charge is 0.481 e. The molecule has 0 spiro atoms. The molecule has 4 heteroatoms. The number of methoxy groups -OCH3 is 1. The van der Waals surface area contributed by atoms with Crippen molar-refractivity contribution in [2.45, 2.75) is 50.2 Å². The lowest BCUT2D eigenvalue weighted by Crippen LogP contribution is -2.39. The number of aryl methyl sites for hydroxylation is 1. The van der Waals surface area contributed by atoms with E-state index in [-0.39, 0.29) is 6.04 Å². The van der Waals surface area contributed by atoms with Crippen molar-refractivity contribution in [3.05, 3.63) is 35.9 Å². The lowest BCUT2D eigenvalue weighted by molar-refractivity contribution is -0.00744. The zero-order valence-electron chi connectivity index (χ0n) is 13.1. The third kappa shape index (κ3) is 3.23. The van der Waals surface area contributed by atoms with Crippen LogP contribution in [0.4, 0.5) is 0 Å². The number of benzene rings is 1. The predicted octanol–water partition coefficient (Wildman–Crippen LogP) is 2.81. The van der Waals surface area contributed by atoms with E-state index in [9.17, 15) is 5.11 Å². The van der Waals surface area contributed by atoms with E-state index in [0.29, 0.717) is 5.88 Å². The summed E-state index contributed by atoms with van der Waals surface area (Å²) in [5.41, 5.74) is 7.50. The third-order valence-electron chi connectivity index (χ3n) is 4.81. The number of hydrogen-bond acceptors (Lipinski definition) is 4. The standard InChI is InChI=1S/C18H24N2O2/c1-22-16-6-5-13-3-2-4-14(17(13)20-16)7-10-18(21)11-8-15(19)9-12-18/h2-6,15,21H,7-12,19H2,1H3. The Morgan fingerprint density at radius 2 is 2.05 bits per heavy atom. The molecular weight excluding hydrogens is 276 g/mol. The number of rotatable bonds is 4. The van der Waals surface area contributed by atoms with Crippen LogP contribution >= 0.6 is 0 Å². The molecule has 1 aromatic heterocycles. The van der Waals surface area contributed by atoms with Gasteiger partial charge in [0, 0.05) is 17.5 Å². The molecule has 0 radical (unpaired) electrons. The molecule has 1 aliphatic rings. The van der Waals surface area contributed by atoms with Gasteiger partial charge >= 0.3 is 0 Å². The molecule has 1 fully saturated rings. The number of nitrogens with two attached hydrogens (primary N) is 1. The predicted molar refractivity (Wildman–Crippen MR) is 88.0 cm³/mol. The molecule has 1 saturated carbocycles. The average molecular weight is 300 g/mol. The number of aromatic nitrogens is 1. The summed E-state index contributed by atoms with van der Waals surface area (Å²) in [6.07, 6.45) is 5.02. The summed E-state index contributed by atoms with van der Waals surface area (Å²) in [5.74, 6) is 0.627. The molecule has 0 saturated heterocycles. The molecular formula is C18H24N2O2. The minimum Gasteiger partial charge on any atom is -0.481 e. The van der Waals surface area contributed by atoms with Gasteiger partial charge in [-0.25, -0.2) is 4.98 Å². The summed E-state index contributed by atoms with van der Waals surface area (Å²) in [6, 6.07) is 10.4. The summed E-state index contributed by atoms with van der Waals surface area (Å²) >= 11 is 0. The highest BCUT2D eigenvalue weighted by atomic mass is 16.5. The molecule has 0 aliphatic heterocycles. The van der Waals surface area contributed by atoms with Gasteiger partial charge in [-0.05, 0) is 50.2 Å². The van der Waals surface area contributed by atoms with Crippen molar-refractivity contribution in [3.8, 4) is 5.88 Å². The van der Waals surface area contributed by atoms with E-state index >= 15 is 0 Å². The Hall–Kier alpha value is -1.65. The number of para-hydroxylation sites is 1. The van der Waals surface area contributed by atoms with E-state index in [1.165, 1.54) is 5.56 Å². The van der Waals surface area contributed by atoms with Crippen molar-refractivity contribution in [2.75, 3.05) is 7.11 Å². The summed E-state index contributed by atoms with van der Waals surface area (Å²) in [6.45, 7) is 0. The lowest BCUT2D eigenvalue weighted by atomic mass is 9.79. The normalized spacial score (nSPS) is 25.3. The number of pyridine rings is 1. The molecule has 118 valence electrons. The van der Waals surface area contributed by atoms with Gasteiger partial charge in [0.05, 0.1) is 18.2 Å². The second-order valence-electron chi connectivity index (χ2n) is 6.40. The highest BCUT2D eigenvalue weighted by Crippen LogP contribution is 2.32. The van der Waals surface area contributed by atoms with E-state index in [4.69, 9.17) is 10.5 Å². The van der Waals surface area contributed by atoms with Crippen molar-refractivity contribution in [1.29, 1.82) is 0 Å². The van der Waals surface area contributed by atoms with Crippen LogP contribution in [0.2, 0.25) is 0 Å². The fourth-order valence-corrected chi connectivity index (χ4v) is 3.30. The Bertz CT molecular complexity index is 649. The van der Waals surface area contributed by atoms with Gasteiger partial charge in [-0.15, -0.1) is 0 Å². The molecule has 3 N–H and O–H groups in total.